The van der Waals surface area contributed by atoms with E-state index >= 15 is 0 Å². The molecule has 21 heavy (non-hydrogen) atoms. The van der Waals surface area contributed by atoms with E-state index in [1.165, 1.54) is 22.2 Å². The molecule has 0 aliphatic rings. The van der Waals surface area contributed by atoms with Crippen molar-refractivity contribution in [3.05, 3.63) is 46.9 Å². The smallest absolute Gasteiger partial charge is 0.263 e. The second kappa shape index (κ2) is 5.79. The van der Waals surface area contributed by atoms with Gasteiger partial charge in [-0.15, -0.1) is 0 Å². The van der Waals surface area contributed by atoms with Crippen molar-refractivity contribution in [2.75, 3.05) is 7.05 Å². The number of hydrogen-bond acceptors (Lipinski definition) is 3. The third kappa shape index (κ3) is 2.97. The number of halogens is 1. The molecular weight excluding hydrogens is 310 g/mol. The molecule has 1 atom stereocenters. The molecule has 0 N–H and O–H groups in total. The van der Waals surface area contributed by atoms with Gasteiger partial charge in [0.2, 0.25) is 5.03 Å². The van der Waals surface area contributed by atoms with Crippen molar-refractivity contribution in [3.8, 4) is 0 Å². The fourth-order valence-electron chi connectivity index (χ4n) is 1.97. The number of aryl methyl sites for hydroxylation is 2. The van der Waals surface area contributed by atoms with Crippen LogP contribution in [-0.2, 0) is 17.1 Å². The van der Waals surface area contributed by atoms with Crippen LogP contribution >= 0.6 is 11.6 Å². The quantitative estimate of drug-likeness (QED) is 0.867. The van der Waals surface area contributed by atoms with Gasteiger partial charge in [0.1, 0.15) is 5.15 Å². The van der Waals surface area contributed by atoms with Crippen LogP contribution in [0.5, 0.6) is 0 Å². The molecule has 0 saturated heterocycles. The number of aromatic nitrogens is 2. The average Bonchev–Trinajstić information content (AvgIpc) is 2.78. The summed E-state index contributed by atoms with van der Waals surface area (Å²) in [6.45, 7) is 3.82. The molecule has 1 unspecified atom stereocenters. The van der Waals surface area contributed by atoms with Crippen molar-refractivity contribution in [1.29, 1.82) is 0 Å². The summed E-state index contributed by atoms with van der Waals surface area (Å²) in [4.78, 5) is 3.90. The van der Waals surface area contributed by atoms with Crippen molar-refractivity contribution in [2.24, 2.45) is 7.05 Å². The maximum absolute atomic E-state index is 12.6. The summed E-state index contributed by atoms with van der Waals surface area (Å²) >= 11 is 6.00. The van der Waals surface area contributed by atoms with Crippen molar-refractivity contribution < 1.29 is 8.42 Å². The van der Waals surface area contributed by atoms with Gasteiger partial charge in [0, 0.05) is 20.1 Å². The molecule has 0 amide bonds. The highest BCUT2D eigenvalue weighted by Gasteiger charge is 2.30. The van der Waals surface area contributed by atoms with E-state index in [4.69, 9.17) is 11.6 Å². The highest BCUT2D eigenvalue weighted by atomic mass is 35.5. The molecular formula is C14H18ClN3O2S. The molecule has 2 aromatic rings. The third-order valence-electron chi connectivity index (χ3n) is 3.56. The molecule has 0 aliphatic heterocycles. The average molecular weight is 328 g/mol. The molecule has 7 heteroatoms. The highest BCUT2D eigenvalue weighted by molar-refractivity contribution is 7.89. The Kier molecular flexibility index (Phi) is 4.41. The summed E-state index contributed by atoms with van der Waals surface area (Å²) in [7, 11) is -0.554. The SMILES string of the molecule is Cc1ccc(C(C)N(C)S(=O)(=O)c2ncn(C)c2Cl)cc1. The van der Waals surface area contributed by atoms with Gasteiger partial charge < -0.3 is 4.57 Å². The maximum Gasteiger partial charge on any atom is 0.263 e. The van der Waals surface area contributed by atoms with Crippen LogP contribution in [0.25, 0.3) is 0 Å². The van der Waals surface area contributed by atoms with E-state index in [2.05, 4.69) is 4.98 Å². The first-order valence-corrected chi connectivity index (χ1v) is 8.28. The topological polar surface area (TPSA) is 55.2 Å². The lowest BCUT2D eigenvalue weighted by Gasteiger charge is -2.24. The zero-order chi connectivity index (χ0) is 15.8. The van der Waals surface area contributed by atoms with Gasteiger partial charge in [-0.25, -0.2) is 13.4 Å². The molecule has 1 aromatic heterocycles. The number of imidazole rings is 1. The van der Waals surface area contributed by atoms with Crippen molar-refractivity contribution in [1.82, 2.24) is 13.9 Å². The molecule has 1 aromatic carbocycles. The minimum absolute atomic E-state index is 0.109. The Bertz CT molecular complexity index is 738. The van der Waals surface area contributed by atoms with Gasteiger partial charge in [0.15, 0.2) is 0 Å². The first-order chi connectivity index (χ1) is 9.75. The molecule has 2 rings (SSSR count). The number of sulfonamides is 1. The predicted octanol–water partition coefficient (Wildman–Crippen LogP) is 2.76. The second-order valence-electron chi connectivity index (χ2n) is 5.06. The molecule has 114 valence electrons. The van der Waals surface area contributed by atoms with E-state index in [0.717, 1.165) is 11.1 Å². The van der Waals surface area contributed by atoms with Gasteiger partial charge in [-0.05, 0) is 19.4 Å². The first-order valence-electron chi connectivity index (χ1n) is 6.46. The number of benzene rings is 1. The largest absolute Gasteiger partial charge is 0.324 e. The Morgan fingerprint density at radius 1 is 1.29 bits per heavy atom. The van der Waals surface area contributed by atoms with Gasteiger partial charge in [-0.2, -0.15) is 4.31 Å². The second-order valence-corrected chi connectivity index (χ2v) is 7.33. The molecule has 5 nitrogen and oxygen atoms in total. The Morgan fingerprint density at radius 2 is 1.86 bits per heavy atom. The molecule has 1 heterocycles. The van der Waals surface area contributed by atoms with Crippen LogP contribution in [0.2, 0.25) is 5.15 Å². The first kappa shape index (κ1) is 16.0. The normalized spacial score (nSPS) is 13.6. The Hall–Kier alpha value is -1.37. The summed E-state index contributed by atoms with van der Waals surface area (Å²) in [5.74, 6) is 0. The minimum atomic E-state index is -3.74. The summed E-state index contributed by atoms with van der Waals surface area (Å²) in [5.41, 5.74) is 2.04. The Labute approximate surface area is 130 Å². The summed E-state index contributed by atoms with van der Waals surface area (Å²) in [6.07, 6.45) is 1.39. The lowest BCUT2D eigenvalue weighted by molar-refractivity contribution is 0.397. The van der Waals surface area contributed by atoms with Crippen LogP contribution in [0.1, 0.15) is 24.1 Å². The monoisotopic (exact) mass is 327 g/mol. The standard InChI is InChI=1S/C14H18ClN3O2S/c1-10-5-7-12(8-6-10)11(2)18(4)21(19,20)14-13(15)17(3)9-16-14/h5-9,11H,1-4H3. The molecule has 0 aliphatic carbocycles. The van der Waals surface area contributed by atoms with Crippen LogP contribution in [0.4, 0.5) is 0 Å². The van der Waals surface area contributed by atoms with E-state index in [1.54, 1.807) is 7.05 Å². The van der Waals surface area contributed by atoms with Crippen LogP contribution in [0, 0.1) is 6.92 Å². The molecule has 0 saturated carbocycles. The summed E-state index contributed by atoms with van der Waals surface area (Å²) in [5, 5.41) is -0.00826. The number of nitrogens with zero attached hydrogens (tertiary/aromatic N) is 3. The Morgan fingerprint density at radius 3 is 2.33 bits per heavy atom. The maximum atomic E-state index is 12.6. The van der Waals surface area contributed by atoms with Crippen LogP contribution in [-0.4, -0.2) is 29.3 Å². The third-order valence-corrected chi connectivity index (χ3v) is 5.98. The van der Waals surface area contributed by atoms with Crippen molar-refractivity contribution in [2.45, 2.75) is 24.9 Å². The lowest BCUT2D eigenvalue weighted by Crippen LogP contribution is -2.30. The fraction of sp³-hybridized carbons (Fsp3) is 0.357. The molecule has 0 radical (unpaired) electrons. The molecule has 0 fully saturated rings. The zero-order valence-electron chi connectivity index (χ0n) is 12.4. The van der Waals surface area contributed by atoms with E-state index in [9.17, 15) is 8.42 Å². The highest BCUT2D eigenvalue weighted by Crippen LogP contribution is 2.28. The minimum Gasteiger partial charge on any atom is -0.324 e. The van der Waals surface area contributed by atoms with Gasteiger partial charge in [0.05, 0.1) is 6.33 Å². The van der Waals surface area contributed by atoms with Gasteiger partial charge in [0.25, 0.3) is 10.0 Å². The molecule has 0 bridgehead atoms. The Balaban J connectivity index is 2.36. The van der Waals surface area contributed by atoms with E-state index in [-0.39, 0.29) is 16.2 Å². The fourth-order valence-corrected chi connectivity index (χ4v) is 3.70. The predicted molar refractivity (Wildman–Crippen MR) is 82.8 cm³/mol. The molecule has 0 spiro atoms. The van der Waals surface area contributed by atoms with E-state index < -0.39 is 10.0 Å². The van der Waals surface area contributed by atoms with Gasteiger partial charge in [-0.3, -0.25) is 0 Å². The van der Waals surface area contributed by atoms with E-state index in [1.807, 2.05) is 38.1 Å². The van der Waals surface area contributed by atoms with Crippen molar-refractivity contribution in [3.63, 3.8) is 0 Å². The summed E-state index contributed by atoms with van der Waals surface area (Å²) in [6, 6.07) is 7.45. The van der Waals surface area contributed by atoms with Crippen LogP contribution in [0.3, 0.4) is 0 Å². The van der Waals surface area contributed by atoms with Crippen LogP contribution < -0.4 is 0 Å². The van der Waals surface area contributed by atoms with Crippen molar-refractivity contribution >= 4 is 21.6 Å². The number of rotatable bonds is 4. The lowest BCUT2D eigenvalue weighted by atomic mass is 10.1. The summed E-state index contributed by atoms with van der Waals surface area (Å²) < 4.78 is 28.0. The van der Waals surface area contributed by atoms with E-state index in [0.29, 0.717) is 0 Å². The van der Waals surface area contributed by atoms with Gasteiger partial charge in [-0.1, -0.05) is 41.4 Å². The van der Waals surface area contributed by atoms with Crippen LogP contribution in [0.15, 0.2) is 35.6 Å². The zero-order valence-corrected chi connectivity index (χ0v) is 14.0. The van der Waals surface area contributed by atoms with Gasteiger partial charge >= 0.3 is 0 Å². The number of hydrogen-bond donors (Lipinski definition) is 0.